The van der Waals surface area contributed by atoms with Gasteiger partial charge in [0.15, 0.2) is 0 Å². The molecule has 0 amide bonds. The third-order valence-electron chi connectivity index (χ3n) is 4.15. The molecular formula is C14H27F2N. The Bertz CT molecular complexity index is 218. The molecule has 0 bridgehead atoms. The molecule has 0 saturated heterocycles. The van der Waals surface area contributed by atoms with Gasteiger partial charge in [0.1, 0.15) is 0 Å². The van der Waals surface area contributed by atoms with Crippen molar-refractivity contribution >= 4 is 0 Å². The summed E-state index contributed by atoms with van der Waals surface area (Å²) in [5.41, 5.74) is 0. The van der Waals surface area contributed by atoms with E-state index < -0.39 is 5.92 Å². The molecule has 1 saturated carbocycles. The van der Waals surface area contributed by atoms with Gasteiger partial charge in [0.05, 0.1) is 0 Å². The fourth-order valence-electron chi connectivity index (χ4n) is 2.86. The standard InChI is InChI=1S/C14H27F2N/c1-4-11(2)8-13(17-3)9-12-6-5-7-14(15,16)10-12/h11-13,17H,4-10H2,1-3H3. The van der Waals surface area contributed by atoms with Gasteiger partial charge in [0, 0.05) is 18.9 Å². The summed E-state index contributed by atoms with van der Waals surface area (Å²) in [6, 6.07) is 0.406. The van der Waals surface area contributed by atoms with E-state index in [0.717, 1.165) is 19.3 Å². The maximum atomic E-state index is 13.3. The van der Waals surface area contributed by atoms with Crippen molar-refractivity contribution in [3.8, 4) is 0 Å². The Morgan fingerprint density at radius 3 is 2.65 bits per heavy atom. The first-order valence-corrected chi connectivity index (χ1v) is 7.02. The number of nitrogens with one attached hydrogen (secondary N) is 1. The first-order chi connectivity index (χ1) is 7.96. The van der Waals surface area contributed by atoms with Gasteiger partial charge in [0.2, 0.25) is 5.92 Å². The highest BCUT2D eigenvalue weighted by Gasteiger charge is 2.36. The van der Waals surface area contributed by atoms with Crippen molar-refractivity contribution in [2.45, 2.75) is 70.8 Å². The summed E-state index contributed by atoms with van der Waals surface area (Å²) in [4.78, 5) is 0. The van der Waals surface area contributed by atoms with Crippen molar-refractivity contribution in [1.29, 1.82) is 0 Å². The van der Waals surface area contributed by atoms with Crippen LogP contribution in [0.4, 0.5) is 8.78 Å². The molecule has 3 atom stereocenters. The Labute approximate surface area is 104 Å². The lowest BCUT2D eigenvalue weighted by Gasteiger charge is -2.32. The van der Waals surface area contributed by atoms with E-state index in [2.05, 4.69) is 19.2 Å². The molecule has 0 aliphatic heterocycles. The highest BCUT2D eigenvalue weighted by atomic mass is 19.3. The van der Waals surface area contributed by atoms with Crippen LogP contribution in [0.25, 0.3) is 0 Å². The fraction of sp³-hybridized carbons (Fsp3) is 1.00. The predicted octanol–water partition coefficient (Wildman–Crippen LogP) is 4.23. The molecule has 102 valence electrons. The molecule has 1 aliphatic rings. The van der Waals surface area contributed by atoms with Crippen molar-refractivity contribution in [3.05, 3.63) is 0 Å². The highest BCUT2D eigenvalue weighted by molar-refractivity contribution is 4.82. The Balaban J connectivity index is 2.39. The Hall–Kier alpha value is -0.180. The van der Waals surface area contributed by atoms with Gasteiger partial charge in [-0.15, -0.1) is 0 Å². The van der Waals surface area contributed by atoms with Gasteiger partial charge in [-0.3, -0.25) is 0 Å². The molecule has 3 heteroatoms. The Morgan fingerprint density at radius 2 is 2.12 bits per heavy atom. The van der Waals surface area contributed by atoms with Crippen LogP contribution in [0.2, 0.25) is 0 Å². The molecule has 0 aromatic heterocycles. The maximum Gasteiger partial charge on any atom is 0.248 e. The lowest BCUT2D eigenvalue weighted by atomic mass is 9.81. The van der Waals surface area contributed by atoms with Gasteiger partial charge in [-0.25, -0.2) is 8.78 Å². The van der Waals surface area contributed by atoms with E-state index in [1.165, 1.54) is 6.42 Å². The van der Waals surface area contributed by atoms with E-state index in [-0.39, 0.29) is 18.8 Å². The molecule has 1 nitrogen and oxygen atoms in total. The monoisotopic (exact) mass is 247 g/mol. The fourth-order valence-corrected chi connectivity index (χ4v) is 2.86. The average Bonchev–Trinajstić information content (AvgIpc) is 2.26. The Kier molecular flexibility index (Phi) is 5.84. The molecule has 0 radical (unpaired) electrons. The molecule has 0 aromatic carbocycles. The molecule has 1 aliphatic carbocycles. The van der Waals surface area contributed by atoms with E-state index in [1.807, 2.05) is 7.05 Å². The molecule has 1 rings (SSSR count). The summed E-state index contributed by atoms with van der Waals surface area (Å²) in [5.74, 6) is -1.52. The zero-order valence-corrected chi connectivity index (χ0v) is 11.4. The van der Waals surface area contributed by atoms with E-state index in [1.54, 1.807) is 0 Å². The van der Waals surface area contributed by atoms with Gasteiger partial charge in [-0.05, 0) is 44.6 Å². The van der Waals surface area contributed by atoms with Crippen LogP contribution < -0.4 is 5.32 Å². The lowest BCUT2D eigenvalue weighted by Crippen LogP contribution is -2.33. The summed E-state index contributed by atoms with van der Waals surface area (Å²) in [5, 5.41) is 3.30. The Morgan fingerprint density at radius 1 is 1.41 bits per heavy atom. The number of rotatable bonds is 6. The number of alkyl halides is 2. The molecule has 0 heterocycles. The summed E-state index contributed by atoms with van der Waals surface area (Å²) in [7, 11) is 1.95. The van der Waals surface area contributed by atoms with Crippen LogP contribution in [0, 0.1) is 11.8 Å². The van der Waals surface area contributed by atoms with Crippen molar-refractivity contribution in [2.24, 2.45) is 11.8 Å². The zero-order chi connectivity index (χ0) is 12.9. The van der Waals surface area contributed by atoms with Crippen molar-refractivity contribution in [3.63, 3.8) is 0 Å². The molecule has 1 N–H and O–H groups in total. The number of hydrogen-bond acceptors (Lipinski definition) is 1. The van der Waals surface area contributed by atoms with Crippen LogP contribution in [0.5, 0.6) is 0 Å². The molecule has 0 aromatic rings. The molecule has 0 spiro atoms. The first kappa shape index (κ1) is 14.9. The minimum absolute atomic E-state index is 0.0963. The topological polar surface area (TPSA) is 12.0 Å². The molecule has 17 heavy (non-hydrogen) atoms. The highest BCUT2D eigenvalue weighted by Crippen LogP contribution is 2.38. The minimum atomic E-state index is -2.41. The molecule has 3 unspecified atom stereocenters. The van der Waals surface area contributed by atoms with E-state index in [9.17, 15) is 8.78 Å². The normalized spacial score (nSPS) is 27.7. The molecular weight excluding hydrogens is 220 g/mol. The third kappa shape index (κ3) is 5.33. The zero-order valence-electron chi connectivity index (χ0n) is 11.4. The van der Waals surface area contributed by atoms with Crippen molar-refractivity contribution < 1.29 is 8.78 Å². The SMILES string of the molecule is CCC(C)CC(CC1CCCC(F)(F)C1)NC. The van der Waals surface area contributed by atoms with Crippen molar-refractivity contribution in [2.75, 3.05) is 7.05 Å². The van der Waals surface area contributed by atoms with Gasteiger partial charge in [-0.2, -0.15) is 0 Å². The van der Waals surface area contributed by atoms with Crippen LogP contribution in [-0.2, 0) is 0 Å². The first-order valence-electron chi connectivity index (χ1n) is 7.02. The van der Waals surface area contributed by atoms with Gasteiger partial charge in [0.25, 0.3) is 0 Å². The summed E-state index contributed by atoms with van der Waals surface area (Å²) in [6.45, 7) is 4.42. The van der Waals surface area contributed by atoms with E-state index in [4.69, 9.17) is 0 Å². The second-order valence-corrected chi connectivity index (χ2v) is 5.79. The lowest BCUT2D eigenvalue weighted by molar-refractivity contribution is -0.0549. The second-order valence-electron chi connectivity index (χ2n) is 5.79. The van der Waals surface area contributed by atoms with E-state index >= 15 is 0 Å². The van der Waals surface area contributed by atoms with Crippen LogP contribution in [0.3, 0.4) is 0 Å². The van der Waals surface area contributed by atoms with Crippen LogP contribution in [0.1, 0.15) is 58.8 Å². The number of halogens is 2. The van der Waals surface area contributed by atoms with Crippen LogP contribution in [0.15, 0.2) is 0 Å². The van der Waals surface area contributed by atoms with Crippen molar-refractivity contribution in [1.82, 2.24) is 5.32 Å². The van der Waals surface area contributed by atoms with Gasteiger partial charge >= 0.3 is 0 Å². The quantitative estimate of drug-likeness (QED) is 0.740. The van der Waals surface area contributed by atoms with Crippen LogP contribution >= 0.6 is 0 Å². The summed E-state index contributed by atoms with van der Waals surface area (Å²) in [6.07, 6.45) is 5.06. The smallest absolute Gasteiger partial charge is 0.248 e. The summed E-state index contributed by atoms with van der Waals surface area (Å²) >= 11 is 0. The third-order valence-corrected chi connectivity index (χ3v) is 4.15. The average molecular weight is 247 g/mol. The maximum absolute atomic E-state index is 13.3. The second kappa shape index (κ2) is 6.67. The number of hydrogen-bond donors (Lipinski definition) is 1. The largest absolute Gasteiger partial charge is 0.317 e. The minimum Gasteiger partial charge on any atom is -0.317 e. The summed E-state index contributed by atoms with van der Waals surface area (Å²) < 4.78 is 26.6. The predicted molar refractivity (Wildman–Crippen MR) is 68.4 cm³/mol. The van der Waals surface area contributed by atoms with E-state index in [0.29, 0.717) is 18.4 Å². The molecule has 1 fully saturated rings. The van der Waals surface area contributed by atoms with Crippen LogP contribution in [-0.4, -0.2) is 19.0 Å². The van der Waals surface area contributed by atoms with Gasteiger partial charge < -0.3 is 5.32 Å². The van der Waals surface area contributed by atoms with Gasteiger partial charge in [-0.1, -0.05) is 20.3 Å².